The molecule has 0 atom stereocenters. The van der Waals surface area contributed by atoms with Crippen molar-refractivity contribution < 1.29 is 13.6 Å². The van der Waals surface area contributed by atoms with Crippen LogP contribution in [0.2, 0.25) is 0 Å². The van der Waals surface area contributed by atoms with Crippen LogP contribution < -0.4 is 10.4 Å². The van der Waals surface area contributed by atoms with Crippen LogP contribution in [0.3, 0.4) is 0 Å². The fourth-order valence-electron chi connectivity index (χ4n) is 2.75. The van der Waals surface area contributed by atoms with Crippen LogP contribution in [0.4, 0.5) is 0 Å². The highest BCUT2D eigenvalue weighted by Gasteiger charge is 2.08. The van der Waals surface area contributed by atoms with E-state index in [2.05, 4.69) is 4.98 Å². The van der Waals surface area contributed by atoms with E-state index in [1.54, 1.807) is 12.3 Å². The Hall–Kier alpha value is -3.34. The van der Waals surface area contributed by atoms with Crippen LogP contribution >= 0.6 is 0 Å². The zero-order chi connectivity index (χ0) is 18.1. The zero-order valence-electron chi connectivity index (χ0n) is 14.5. The van der Waals surface area contributed by atoms with E-state index in [9.17, 15) is 4.79 Å². The first-order chi connectivity index (χ1) is 12.6. The van der Waals surface area contributed by atoms with Crippen LogP contribution in [0.25, 0.3) is 22.4 Å². The molecule has 0 spiro atoms. The second-order valence-electron chi connectivity index (χ2n) is 6.21. The maximum absolute atomic E-state index is 11.5. The minimum atomic E-state index is -0.369. The lowest BCUT2D eigenvalue weighted by Gasteiger charge is -2.06. The summed E-state index contributed by atoms with van der Waals surface area (Å²) in [5.41, 5.74) is 3.81. The molecule has 0 radical (unpaired) electrons. The average molecular weight is 347 g/mol. The molecule has 0 amide bonds. The lowest BCUT2D eigenvalue weighted by Crippen LogP contribution is -1.99. The molecule has 4 rings (SSSR count). The van der Waals surface area contributed by atoms with Crippen molar-refractivity contribution in [2.75, 3.05) is 0 Å². The Morgan fingerprint density at radius 2 is 1.85 bits per heavy atom. The Morgan fingerprint density at radius 3 is 2.65 bits per heavy atom. The fraction of sp³-hybridized carbons (Fsp3) is 0.143. The van der Waals surface area contributed by atoms with Crippen LogP contribution in [-0.4, -0.2) is 4.98 Å². The monoisotopic (exact) mass is 347 g/mol. The van der Waals surface area contributed by atoms with Gasteiger partial charge in [0.2, 0.25) is 5.89 Å². The van der Waals surface area contributed by atoms with Crippen molar-refractivity contribution in [1.82, 2.24) is 4.98 Å². The van der Waals surface area contributed by atoms with Gasteiger partial charge < -0.3 is 13.6 Å². The molecule has 0 aliphatic carbocycles. The fourth-order valence-corrected chi connectivity index (χ4v) is 2.75. The molecule has 5 nitrogen and oxygen atoms in total. The molecule has 0 aliphatic heterocycles. The number of aromatic nitrogens is 1. The molecule has 26 heavy (non-hydrogen) atoms. The summed E-state index contributed by atoms with van der Waals surface area (Å²) >= 11 is 0. The van der Waals surface area contributed by atoms with E-state index in [1.807, 2.05) is 50.2 Å². The standard InChI is InChI=1S/C21H17NO4/c1-13-3-5-15(6-4-13)21-22-16(12-25-21)11-24-17-7-8-18-14(2)9-20(23)26-19(18)10-17/h3-10,12H,11H2,1-2H3. The lowest BCUT2D eigenvalue weighted by molar-refractivity contribution is 0.301. The summed E-state index contributed by atoms with van der Waals surface area (Å²) < 4.78 is 16.5. The summed E-state index contributed by atoms with van der Waals surface area (Å²) in [6, 6.07) is 14.9. The number of rotatable bonds is 4. The van der Waals surface area contributed by atoms with Crippen molar-refractivity contribution in [3.8, 4) is 17.2 Å². The molecule has 0 saturated carbocycles. The number of ether oxygens (including phenoxy) is 1. The molecule has 0 bridgehead atoms. The highest BCUT2D eigenvalue weighted by atomic mass is 16.5. The number of oxazole rings is 1. The second-order valence-corrected chi connectivity index (χ2v) is 6.21. The van der Waals surface area contributed by atoms with Crippen molar-refractivity contribution >= 4 is 11.0 Å². The van der Waals surface area contributed by atoms with Gasteiger partial charge in [-0.1, -0.05) is 17.7 Å². The van der Waals surface area contributed by atoms with Crippen molar-refractivity contribution in [2.24, 2.45) is 0 Å². The summed E-state index contributed by atoms with van der Waals surface area (Å²) in [5.74, 6) is 1.16. The van der Waals surface area contributed by atoms with E-state index < -0.39 is 0 Å². The van der Waals surface area contributed by atoms with Crippen molar-refractivity contribution in [3.05, 3.63) is 82.0 Å². The maximum atomic E-state index is 11.5. The van der Waals surface area contributed by atoms with Gasteiger partial charge in [0.05, 0.1) is 0 Å². The predicted octanol–water partition coefficient (Wildman–Crippen LogP) is 4.64. The third-order valence-corrected chi connectivity index (χ3v) is 4.16. The Bertz CT molecular complexity index is 1120. The highest BCUT2D eigenvalue weighted by Crippen LogP contribution is 2.24. The van der Waals surface area contributed by atoms with Gasteiger partial charge in [-0.15, -0.1) is 0 Å². The SMILES string of the molecule is Cc1ccc(-c2nc(COc3ccc4c(C)cc(=O)oc4c3)co2)cc1. The van der Waals surface area contributed by atoms with Gasteiger partial charge in [-0.05, 0) is 43.7 Å². The first-order valence-corrected chi connectivity index (χ1v) is 8.27. The van der Waals surface area contributed by atoms with E-state index >= 15 is 0 Å². The number of hydrogen-bond acceptors (Lipinski definition) is 5. The second kappa shape index (κ2) is 6.52. The first-order valence-electron chi connectivity index (χ1n) is 8.27. The van der Waals surface area contributed by atoms with Crippen molar-refractivity contribution in [2.45, 2.75) is 20.5 Å². The topological polar surface area (TPSA) is 65.5 Å². The largest absolute Gasteiger partial charge is 0.487 e. The molecule has 2 aromatic carbocycles. The van der Waals surface area contributed by atoms with Crippen LogP contribution in [-0.2, 0) is 6.61 Å². The predicted molar refractivity (Wildman–Crippen MR) is 98.2 cm³/mol. The van der Waals surface area contributed by atoms with E-state index in [1.165, 1.54) is 11.6 Å². The van der Waals surface area contributed by atoms with Crippen LogP contribution in [0.5, 0.6) is 5.75 Å². The van der Waals surface area contributed by atoms with E-state index in [4.69, 9.17) is 13.6 Å². The van der Waals surface area contributed by atoms with E-state index in [-0.39, 0.29) is 12.2 Å². The van der Waals surface area contributed by atoms with Gasteiger partial charge in [0.15, 0.2) is 0 Å². The summed E-state index contributed by atoms with van der Waals surface area (Å²) in [6.45, 7) is 4.17. The summed E-state index contributed by atoms with van der Waals surface area (Å²) in [7, 11) is 0. The highest BCUT2D eigenvalue weighted by molar-refractivity contribution is 5.81. The Labute approximate surface area is 149 Å². The van der Waals surface area contributed by atoms with E-state index in [0.29, 0.717) is 22.9 Å². The van der Waals surface area contributed by atoms with Gasteiger partial charge in [-0.2, -0.15) is 0 Å². The molecular formula is C21H17NO4. The van der Waals surface area contributed by atoms with Crippen LogP contribution in [0, 0.1) is 13.8 Å². The number of nitrogens with zero attached hydrogens (tertiary/aromatic N) is 1. The maximum Gasteiger partial charge on any atom is 0.336 e. The average Bonchev–Trinajstić information content (AvgIpc) is 3.09. The Balaban J connectivity index is 1.51. The van der Waals surface area contributed by atoms with Crippen LogP contribution in [0.15, 0.2) is 68.4 Å². The molecule has 0 aliphatic rings. The normalized spacial score (nSPS) is 11.0. The summed E-state index contributed by atoms with van der Waals surface area (Å²) in [4.78, 5) is 16.0. The van der Waals surface area contributed by atoms with Gasteiger partial charge in [0.25, 0.3) is 0 Å². The molecule has 2 aromatic heterocycles. The lowest BCUT2D eigenvalue weighted by atomic mass is 10.1. The number of fused-ring (bicyclic) bond motifs is 1. The first kappa shape index (κ1) is 16.1. The molecule has 130 valence electrons. The number of hydrogen-bond donors (Lipinski definition) is 0. The molecule has 5 heteroatoms. The van der Waals surface area contributed by atoms with E-state index in [0.717, 1.165) is 16.5 Å². The molecule has 0 unspecified atom stereocenters. The Kier molecular flexibility index (Phi) is 4.05. The molecule has 0 saturated heterocycles. The third-order valence-electron chi connectivity index (χ3n) is 4.16. The summed E-state index contributed by atoms with van der Waals surface area (Å²) in [5, 5.41) is 0.889. The van der Waals surface area contributed by atoms with Gasteiger partial charge in [0.1, 0.15) is 29.9 Å². The molecule has 0 N–H and O–H groups in total. The molecular weight excluding hydrogens is 330 g/mol. The van der Waals surface area contributed by atoms with Gasteiger partial charge in [-0.3, -0.25) is 0 Å². The van der Waals surface area contributed by atoms with Crippen LogP contribution in [0.1, 0.15) is 16.8 Å². The van der Waals surface area contributed by atoms with Gasteiger partial charge in [-0.25, -0.2) is 9.78 Å². The summed E-state index contributed by atoms with van der Waals surface area (Å²) in [6.07, 6.45) is 1.58. The quantitative estimate of drug-likeness (QED) is 0.503. The molecule has 0 fully saturated rings. The number of aryl methyl sites for hydroxylation is 2. The third kappa shape index (κ3) is 3.24. The van der Waals surface area contributed by atoms with Gasteiger partial charge in [0, 0.05) is 23.1 Å². The van der Waals surface area contributed by atoms with Crippen molar-refractivity contribution in [3.63, 3.8) is 0 Å². The smallest absolute Gasteiger partial charge is 0.336 e. The zero-order valence-corrected chi connectivity index (χ0v) is 14.5. The number of benzene rings is 2. The minimum Gasteiger partial charge on any atom is -0.487 e. The minimum absolute atomic E-state index is 0.261. The van der Waals surface area contributed by atoms with Crippen molar-refractivity contribution in [1.29, 1.82) is 0 Å². The van der Waals surface area contributed by atoms with Gasteiger partial charge >= 0.3 is 5.63 Å². The molecule has 2 heterocycles. The Morgan fingerprint density at radius 1 is 1.04 bits per heavy atom. The molecule has 4 aromatic rings.